The first-order valence-electron chi connectivity index (χ1n) is 6.74. The first kappa shape index (κ1) is 13.7. The minimum atomic E-state index is 0.215. The van der Waals surface area contributed by atoms with Gasteiger partial charge < -0.3 is 4.74 Å². The van der Waals surface area contributed by atoms with Crippen LogP contribution in [0.25, 0.3) is 0 Å². The Bertz CT molecular complexity index is 213. The molecule has 2 heteroatoms. The summed E-state index contributed by atoms with van der Waals surface area (Å²) in [7, 11) is 1.71. The maximum atomic E-state index is 12.1. The Labute approximate surface area is 99.8 Å². The molecular formula is C14H26O2. The maximum Gasteiger partial charge on any atom is 0.136 e. The summed E-state index contributed by atoms with van der Waals surface area (Å²) in [6.45, 7) is 4.25. The van der Waals surface area contributed by atoms with Gasteiger partial charge in [0.05, 0.1) is 6.10 Å². The van der Waals surface area contributed by atoms with Crippen molar-refractivity contribution in [3.8, 4) is 0 Å². The Morgan fingerprint density at radius 3 is 2.69 bits per heavy atom. The zero-order valence-corrected chi connectivity index (χ0v) is 11.0. The van der Waals surface area contributed by atoms with Crippen molar-refractivity contribution in [1.82, 2.24) is 0 Å². The number of hydrogen-bond acceptors (Lipinski definition) is 2. The summed E-state index contributed by atoms with van der Waals surface area (Å²) in [5, 5.41) is 0. The fourth-order valence-corrected chi connectivity index (χ4v) is 2.77. The Hall–Kier alpha value is -0.370. The lowest BCUT2D eigenvalue weighted by Crippen LogP contribution is -2.27. The second-order valence-electron chi connectivity index (χ2n) is 5.11. The molecule has 3 unspecified atom stereocenters. The summed E-state index contributed by atoms with van der Waals surface area (Å²) in [5.74, 6) is 1.48. The van der Waals surface area contributed by atoms with E-state index < -0.39 is 0 Å². The van der Waals surface area contributed by atoms with E-state index in [0.29, 0.717) is 24.0 Å². The van der Waals surface area contributed by atoms with Gasteiger partial charge in [-0.3, -0.25) is 4.79 Å². The van der Waals surface area contributed by atoms with Crippen molar-refractivity contribution in [3.63, 3.8) is 0 Å². The molecule has 0 bridgehead atoms. The summed E-state index contributed by atoms with van der Waals surface area (Å²) in [5.41, 5.74) is 0. The third-order valence-electron chi connectivity index (χ3n) is 4.05. The van der Waals surface area contributed by atoms with Crippen LogP contribution in [0.4, 0.5) is 0 Å². The van der Waals surface area contributed by atoms with Gasteiger partial charge in [-0.2, -0.15) is 0 Å². The van der Waals surface area contributed by atoms with Gasteiger partial charge in [0.1, 0.15) is 5.78 Å². The number of hydrogen-bond donors (Lipinski definition) is 0. The molecule has 1 rings (SSSR count). The minimum absolute atomic E-state index is 0.215. The second kappa shape index (κ2) is 7.05. The average Bonchev–Trinajstić information content (AvgIpc) is 2.35. The molecule has 1 aliphatic carbocycles. The van der Waals surface area contributed by atoms with E-state index in [-0.39, 0.29) is 6.10 Å². The van der Waals surface area contributed by atoms with Crippen molar-refractivity contribution in [3.05, 3.63) is 0 Å². The Morgan fingerprint density at radius 2 is 2.06 bits per heavy atom. The Balaban J connectivity index is 2.38. The van der Waals surface area contributed by atoms with Crippen LogP contribution >= 0.6 is 0 Å². The highest BCUT2D eigenvalue weighted by atomic mass is 16.5. The van der Waals surface area contributed by atoms with Gasteiger partial charge in [-0.15, -0.1) is 0 Å². The first-order chi connectivity index (χ1) is 7.69. The smallest absolute Gasteiger partial charge is 0.136 e. The summed E-state index contributed by atoms with van der Waals surface area (Å²) < 4.78 is 5.19. The van der Waals surface area contributed by atoms with E-state index in [2.05, 4.69) is 6.92 Å². The molecule has 94 valence electrons. The molecular weight excluding hydrogens is 200 g/mol. The number of Topliss-reactive ketones (excluding diaryl/α,β-unsaturated/α-hetero) is 1. The van der Waals surface area contributed by atoms with Crippen LogP contribution < -0.4 is 0 Å². The van der Waals surface area contributed by atoms with Crippen molar-refractivity contribution in [1.29, 1.82) is 0 Å². The van der Waals surface area contributed by atoms with Gasteiger partial charge in [-0.1, -0.05) is 26.2 Å². The Kier molecular flexibility index (Phi) is 6.04. The lowest BCUT2D eigenvalue weighted by molar-refractivity contribution is -0.126. The number of methoxy groups -OCH3 is 1. The third-order valence-corrected chi connectivity index (χ3v) is 4.05. The zero-order chi connectivity index (χ0) is 12.0. The molecule has 1 aliphatic rings. The van der Waals surface area contributed by atoms with Crippen LogP contribution in [0.2, 0.25) is 0 Å². The van der Waals surface area contributed by atoms with Crippen molar-refractivity contribution in [2.45, 2.75) is 64.9 Å². The number of carbonyl (C=O) groups is 1. The minimum Gasteiger partial charge on any atom is -0.382 e. The van der Waals surface area contributed by atoms with Crippen molar-refractivity contribution < 1.29 is 9.53 Å². The van der Waals surface area contributed by atoms with Crippen molar-refractivity contribution >= 4 is 5.78 Å². The Morgan fingerprint density at radius 1 is 1.38 bits per heavy atom. The van der Waals surface area contributed by atoms with E-state index in [1.165, 1.54) is 19.3 Å². The van der Waals surface area contributed by atoms with Crippen LogP contribution in [0.15, 0.2) is 0 Å². The first-order valence-corrected chi connectivity index (χ1v) is 6.74. The topological polar surface area (TPSA) is 26.3 Å². The van der Waals surface area contributed by atoms with Gasteiger partial charge in [0.2, 0.25) is 0 Å². The molecule has 0 saturated heterocycles. The van der Waals surface area contributed by atoms with Crippen LogP contribution in [0, 0.1) is 11.8 Å². The zero-order valence-electron chi connectivity index (χ0n) is 11.0. The number of ether oxygens (including phenoxy) is 1. The molecule has 1 fully saturated rings. The third kappa shape index (κ3) is 3.89. The molecule has 0 aromatic carbocycles. The summed E-state index contributed by atoms with van der Waals surface area (Å²) in [6, 6.07) is 0. The molecule has 2 nitrogen and oxygen atoms in total. The molecule has 0 aliphatic heterocycles. The summed E-state index contributed by atoms with van der Waals surface area (Å²) >= 11 is 0. The van der Waals surface area contributed by atoms with Gasteiger partial charge in [0.25, 0.3) is 0 Å². The van der Waals surface area contributed by atoms with E-state index in [1.807, 2.05) is 6.92 Å². The van der Waals surface area contributed by atoms with E-state index in [4.69, 9.17) is 4.74 Å². The second-order valence-corrected chi connectivity index (χ2v) is 5.11. The maximum absolute atomic E-state index is 12.1. The number of ketones is 1. The van der Waals surface area contributed by atoms with E-state index in [9.17, 15) is 4.79 Å². The van der Waals surface area contributed by atoms with Crippen LogP contribution in [-0.4, -0.2) is 19.0 Å². The highest BCUT2D eigenvalue weighted by Crippen LogP contribution is 2.33. The SMILES string of the molecule is CCC1CCCCC1C(=O)CCC(C)OC. The summed E-state index contributed by atoms with van der Waals surface area (Å²) in [6.07, 6.45) is 7.90. The summed E-state index contributed by atoms with van der Waals surface area (Å²) in [4.78, 5) is 12.1. The molecule has 0 aromatic heterocycles. The van der Waals surface area contributed by atoms with Crippen LogP contribution in [0.5, 0.6) is 0 Å². The predicted octanol–water partition coefficient (Wildman–Crippen LogP) is 3.59. The molecule has 1 saturated carbocycles. The van der Waals surface area contributed by atoms with E-state index >= 15 is 0 Å². The average molecular weight is 226 g/mol. The molecule has 3 atom stereocenters. The molecule has 0 spiro atoms. The van der Waals surface area contributed by atoms with Crippen LogP contribution in [-0.2, 0) is 9.53 Å². The lowest BCUT2D eigenvalue weighted by Gasteiger charge is -2.29. The molecule has 0 N–H and O–H groups in total. The molecule has 16 heavy (non-hydrogen) atoms. The number of carbonyl (C=O) groups excluding carboxylic acids is 1. The largest absolute Gasteiger partial charge is 0.382 e. The van der Waals surface area contributed by atoms with Gasteiger partial charge >= 0.3 is 0 Å². The predicted molar refractivity (Wildman–Crippen MR) is 66.5 cm³/mol. The highest BCUT2D eigenvalue weighted by Gasteiger charge is 2.29. The van der Waals surface area contributed by atoms with Gasteiger partial charge in [-0.05, 0) is 32.1 Å². The lowest BCUT2D eigenvalue weighted by atomic mass is 9.75. The van der Waals surface area contributed by atoms with Crippen LogP contribution in [0.1, 0.15) is 58.8 Å². The van der Waals surface area contributed by atoms with Crippen molar-refractivity contribution in [2.75, 3.05) is 7.11 Å². The van der Waals surface area contributed by atoms with Crippen LogP contribution in [0.3, 0.4) is 0 Å². The molecule has 0 radical (unpaired) electrons. The quantitative estimate of drug-likeness (QED) is 0.692. The van der Waals surface area contributed by atoms with E-state index in [1.54, 1.807) is 7.11 Å². The number of rotatable bonds is 6. The standard InChI is InChI=1S/C14H26O2/c1-4-12-7-5-6-8-13(12)14(15)10-9-11(2)16-3/h11-13H,4-10H2,1-3H3. The van der Waals surface area contributed by atoms with E-state index in [0.717, 1.165) is 19.3 Å². The van der Waals surface area contributed by atoms with Gasteiger partial charge in [-0.25, -0.2) is 0 Å². The highest BCUT2D eigenvalue weighted by molar-refractivity contribution is 5.81. The fourth-order valence-electron chi connectivity index (χ4n) is 2.77. The monoisotopic (exact) mass is 226 g/mol. The fraction of sp³-hybridized carbons (Fsp3) is 0.929. The normalized spacial score (nSPS) is 27.7. The van der Waals surface area contributed by atoms with Crippen molar-refractivity contribution in [2.24, 2.45) is 11.8 Å². The van der Waals surface area contributed by atoms with Gasteiger partial charge in [0, 0.05) is 19.4 Å². The molecule has 0 heterocycles. The molecule has 0 aromatic rings. The van der Waals surface area contributed by atoms with Gasteiger partial charge in [0.15, 0.2) is 0 Å². The molecule has 0 amide bonds.